The van der Waals surface area contributed by atoms with Gasteiger partial charge in [0, 0.05) is 18.2 Å². The number of aliphatic imine (C=N–C) groups is 1. The van der Waals surface area contributed by atoms with Crippen LogP contribution in [0.3, 0.4) is 0 Å². The Labute approximate surface area is 156 Å². The number of rotatable bonds is 6. The molecule has 2 N–H and O–H groups in total. The molecule has 1 aromatic carbocycles. The van der Waals surface area contributed by atoms with Crippen molar-refractivity contribution in [3.8, 4) is 5.75 Å². The van der Waals surface area contributed by atoms with E-state index < -0.39 is 9.84 Å². The summed E-state index contributed by atoms with van der Waals surface area (Å²) in [5.74, 6) is 1.99. The minimum absolute atomic E-state index is 0.0669. The van der Waals surface area contributed by atoms with Crippen LogP contribution in [0.25, 0.3) is 0 Å². The van der Waals surface area contributed by atoms with Crippen molar-refractivity contribution < 1.29 is 13.2 Å². The molecule has 26 heavy (non-hydrogen) atoms. The van der Waals surface area contributed by atoms with E-state index in [0.29, 0.717) is 25.0 Å². The fraction of sp³-hybridized carbons (Fsp3) is 0.632. The molecular formula is C19H29N3O3S. The molecule has 2 aliphatic rings. The molecule has 1 unspecified atom stereocenters. The highest BCUT2D eigenvalue weighted by atomic mass is 32.2. The van der Waals surface area contributed by atoms with E-state index in [-0.39, 0.29) is 17.5 Å². The summed E-state index contributed by atoms with van der Waals surface area (Å²) in [6, 6.07) is 7.97. The summed E-state index contributed by atoms with van der Waals surface area (Å²) in [6.45, 7) is 3.23. The van der Waals surface area contributed by atoms with Gasteiger partial charge in [-0.3, -0.25) is 0 Å². The Morgan fingerprint density at radius 2 is 2.00 bits per heavy atom. The molecule has 1 aliphatic heterocycles. The maximum absolute atomic E-state index is 11.7. The van der Waals surface area contributed by atoms with E-state index in [4.69, 9.17) is 4.74 Å². The Bertz CT molecular complexity index is 727. The van der Waals surface area contributed by atoms with Crippen molar-refractivity contribution in [2.75, 3.05) is 18.1 Å². The van der Waals surface area contributed by atoms with Crippen LogP contribution in [-0.2, 0) is 16.4 Å². The van der Waals surface area contributed by atoms with Gasteiger partial charge in [-0.05, 0) is 45.1 Å². The molecule has 1 heterocycles. The monoisotopic (exact) mass is 379 g/mol. The highest BCUT2D eigenvalue weighted by Crippen LogP contribution is 2.27. The molecule has 1 aliphatic carbocycles. The van der Waals surface area contributed by atoms with Crippen molar-refractivity contribution in [3.63, 3.8) is 0 Å². The molecule has 1 saturated heterocycles. The predicted molar refractivity (Wildman–Crippen MR) is 104 cm³/mol. The number of guanidine groups is 1. The lowest BCUT2D eigenvalue weighted by molar-refractivity contribution is 0.208. The number of hydrogen-bond donors (Lipinski definition) is 2. The van der Waals surface area contributed by atoms with Gasteiger partial charge in [-0.25, -0.2) is 13.4 Å². The first-order valence-electron chi connectivity index (χ1n) is 9.55. The van der Waals surface area contributed by atoms with Crippen LogP contribution in [0.15, 0.2) is 29.3 Å². The van der Waals surface area contributed by atoms with Crippen LogP contribution in [-0.4, -0.2) is 44.6 Å². The highest BCUT2D eigenvalue weighted by Gasteiger charge is 2.28. The van der Waals surface area contributed by atoms with E-state index in [1.807, 2.05) is 31.2 Å². The summed E-state index contributed by atoms with van der Waals surface area (Å²) < 4.78 is 29.5. The topological polar surface area (TPSA) is 79.8 Å². The van der Waals surface area contributed by atoms with E-state index in [1.165, 1.54) is 12.8 Å². The predicted octanol–water partition coefficient (Wildman–Crippen LogP) is 2.25. The van der Waals surface area contributed by atoms with E-state index in [0.717, 1.165) is 30.7 Å². The SMILES string of the molecule is CCNC(=NCc1ccccc1OC1CCCC1)NC1CCS(=O)(=O)C1. The standard InChI is InChI=1S/C19H29N3O3S/c1-2-20-19(22-16-11-12-26(23,24)14-16)21-13-15-7-3-6-10-18(15)25-17-8-4-5-9-17/h3,6-7,10,16-17H,2,4-5,8-9,11-14H2,1H3,(H2,20,21,22). The normalized spacial score (nSPS) is 23.1. The van der Waals surface area contributed by atoms with E-state index >= 15 is 0 Å². The largest absolute Gasteiger partial charge is 0.490 e. The zero-order valence-corrected chi connectivity index (χ0v) is 16.2. The van der Waals surface area contributed by atoms with Crippen LogP contribution in [0.1, 0.15) is 44.6 Å². The van der Waals surface area contributed by atoms with Gasteiger partial charge in [0.15, 0.2) is 15.8 Å². The van der Waals surface area contributed by atoms with Gasteiger partial charge in [0.25, 0.3) is 0 Å². The number of nitrogens with zero attached hydrogens (tertiary/aromatic N) is 1. The fourth-order valence-corrected chi connectivity index (χ4v) is 5.19. The molecule has 0 amide bonds. The average molecular weight is 380 g/mol. The molecule has 1 aromatic rings. The van der Waals surface area contributed by atoms with Gasteiger partial charge in [0.1, 0.15) is 5.75 Å². The van der Waals surface area contributed by atoms with E-state index in [2.05, 4.69) is 15.6 Å². The highest BCUT2D eigenvalue weighted by molar-refractivity contribution is 7.91. The molecule has 0 radical (unpaired) electrons. The van der Waals surface area contributed by atoms with Gasteiger partial charge >= 0.3 is 0 Å². The molecule has 7 heteroatoms. The van der Waals surface area contributed by atoms with Crippen molar-refractivity contribution in [1.29, 1.82) is 0 Å². The van der Waals surface area contributed by atoms with Crippen LogP contribution in [0.2, 0.25) is 0 Å². The summed E-state index contributed by atoms with van der Waals surface area (Å²) >= 11 is 0. The van der Waals surface area contributed by atoms with Gasteiger partial charge in [0.05, 0.1) is 24.2 Å². The van der Waals surface area contributed by atoms with Gasteiger partial charge in [0.2, 0.25) is 0 Å². The van der Waals surface area contributed by atoms with Crippen LogP contribution < -0.4 is 15.4 Å². The molecule has 1 atom stereocenters. The van der Waals surface area contributed by atoms with Crippen LogP contribution in [0.4, 0.5) is 0 Å². The third-order valence-corrected chi connectivity index (χ3v) is 6.66. The quantitative estimate of drug-likeness (QED) is 0.585. The molecule has 0 spiro atoms. The zero-order chi connectivity index (χ0) is 18.4. The van der Waals surface area contributed by atoms with Crippen molar-refractivity contribution in [2.24, 2.45) is 4.99 Å². The number of para-hydroxylation sites is 1. The first-order chi connectivity index (χ1) is 12.6. The number of ether oxygens (including phenoxy) is 1. The second kappa shape index (κ2) is 8.75. The van der Waals surface area contributed by atoms with Crippen LogP contribution >= 0.6 is 0 Å². The lowest BCUT2D eigenvalue weighted by Crippen LogP contribution is -2.44. The first-order valence-corrected chi connectivity index (χ1v) is 11.4. The number of benzene rings is 1. The fourth-order valence-electron chi connectivity index (χ4n) is 3.52. The third-order valence-electron chi connectivity index (χ3n) is 4.89. The maximum atomic E-state index is 11.7. The lowest BCUT2D eigenvalue weighted by atomic mass is 10.2. The molecule has 6 nitrogen and oxygen atoms in total. The third kappa shape index (κ3) is 5.37. The lowest BCUT2D eigenvalue weighted by Gasteiger charge is -2.17. The molecule has 1 saturated carbocycles. The van der Waals surface area contributed by atoms with E-state index in [1.54, 1.807) is 0 Å². The second-order valence-electron chi connectivity index (χ2n) is 7.07. The zero-order valence-electron chi connectivity index (χ0n) is 15.4. The molecular weight excluding hydrogens is 350 g/mol. The Morgan fingerprint density at radius 1 is 1.23 bits per heavy atom. The Kier molecular flexibility index (Phi) is 6.40. The van der Waals surface area contributed by atoms with Gasteiger partial charge < -0.3 is 15.4 Å². The summed E-state index contributed by atoms with van der Waals surface area (Å²) in [5, 5.41) is 6.46. The smallest absolute Gasteiger partial charge is 0.191 e. The van der Waals surface area contributed by atoms with Crippen molar-refractivity contribution in [1.82, 2.24) is 10.6 Å². The van der Waals surface area contributed by atoms with Crippen molar-refractivity contribution >= 4 is 15.8 Å². The first kappa shape index (κ1) is 19.0. The van der Waals surface area contributed by atoms with Crippen molar-refractivity contribution in [3.05, 3.63) is 29.8 Å². The number of hydrogen-bond acceptors (Lipinski definition) is 4. The maximum Gasteiger partial charge on any atom is 0.191 e. The molecule has 3 rings (SSSR count). The molecule has 0 aromatic heterocycles. The minimum atomic E-state index is -2.91. The molecule has 0 bridgehead atoms. The van der Waals surface area contributed by atoms with Gasteiger partial charge in [-0.15, -0.1) is 0 Å². The summed E-state index contributed by atoms with van der Waals surface area (Å²) in [7, 11) is -2.91. The summed E-state index contributed by atoms with van der Waals surface area (Å²) in [5.41, 5.74) is 1.05. The van der Waals surface area contributed by atoms with Crippen molar-refractivity contribution in [2.45, 2.75) is 57.7 Å². The summed E-state index contributed by atoms with van der Waals surface area (Å²) in [6.07, 6.45) is 5.67. The Balaban J connectivity index is 1.65. The Hall–Kier alpha value is -1.76. The minimum Gasteiger partial charge on any atom is -0.490 e. The van der Waals surface area contributed by atoms with E-state index in [9.17, 15) is 8.42 Å². The molecule has 2 fully saturated rings. The van der Waals surface area contributed by atoms with Crippen LogP contribution in [0, 0.1) is 0 Å². The van der Waals surface area contributed by atoms with Crippen LogP contribution in [0.5, 0.6) is 5.75 Å². The van der Waals surface area contributed by atoms with Gasteiger partial charge in [-0.1, -0.05) is 18.2 Å². The molecule has 144 valence electrons. The second-order valence-corrected chi connectivity index (χ2v) is 9.30. The number of nitrogens with one attached hydrogen (secondary N) is 2. The Morgan fingerprint density at radius 3 is 2.69 bits per heavy atom. The number of sulfone groups is 1. The summed E-state index contributed by atoms with van der Waals surface area (Å²) in [4.78, 5) is 4.65. The average Bonchev–Trinajstić information content (AvgIpc) is 3.23. The van der Waals surface area contributed by atoms with Gasteiger partial charge in [-0.2, -0.15) is 0 Å².